The van der Waals surface area contributed by atoms with Gasteiger partial charge in [0.05, 0.1) is 37.1 Å². The van der Waals surface area contributed by atoms with Gasteiger partial charge in [-0.3, -0.25) is 19.2 Å². The zero-order valence-corrected chi connectivity index (χ0v) is 39.7. The largest absolute Gasteiger partial charge is 0.390 e. The van der Waals surface area contributed by atoms with Crippen LogP contribution in [0.1, 0.15) is 139 Å². The summed E-state index contributed by atoms with van der Waals surface area (Å²) in [5, 5.41) is 24.0. The molecule has 360 valence electrons. The number of fused-ring (bicyclic) bond motifs is 14. The molecule has 8 fully saturated rings. The number of alkyl halides is 2. The monoisotopic (exact) mass is 912 g/mol. The quantitative estimate of drug-likeness (QED) is 0.251. The van der Waals surface area contributed by atoms with E-state index in [2.05, 4.69) is 0 Å². The number of carbonyl (C=O) groups is 4. The van der Waals surface area contributed by atoms with E-state index in [4.69, 9.17) is 28.4 Å². The minimum absolute atomic E-state index is 0.0117. The molecule has 0 aromatic carbocycles. The first-order chi connectivity index (χ1) is 30.2. The number of hydrogen-bond donors (Lipinski definition) is 2. The van der Waals surface area contributed by atoms with Gasteiger partial charge < -0.3 is 38.6 Å². The van der Waals surface area contributed by atoms with Gasteiger partial charge in [-0.2, -0.15) is 0 Å². The lowest BCUT2D eigenvalue weighted by Gasteiger charge is -2.63. The van der Waals surface area contributed by atoms with Crippen LogP contribution in [0.2, 0.25) is 0 Å². The Bertz CT molecular complexity index is 2160. The molecule has 0 radical (unpaired) electrons. The van der Waals surface area contributed by atoms with E-state index in [0.29, 0.717) is 51.4 Å². The number of hydrogen-bond acceptors (Lipinski definition) is 12. The zero-order chi connectivity index (χ0) is 46.9. The average Bonchev–Trinajstić information content (AvgIpc) is 3.83. The predicted molar refractivity (Wildman–Crippen MR) is 229 cm³/mol. The number of aliphatic hydroxyl groups is 2. The highest BCUT2D eigenvalue weighted by atomic mass is 19.1. The van der Waals surface area contributed by atoms with Crippen molar-refractivity contribution in [1.29, 1.82) is 0 Å². The number of ketones is 4. The Labute approximate surface area is 381 Å². The molecule has 0 amide bonds. The second-order valence-corrected chi connectivity index (χ2v) is 23.9. The molecule has 0 spiro atoms. The van der Waals surface area contributed by atoms with Crippen molar-refractivity contribution in [2.24, 2.45) is 45.3 Å². The maximum absolute atomic E-state index is 18.0. The van der Waals surface area contributed by atoms with Gasteiger partial charge in [0.2, 0.25) is 0 Å². The molecule has 17 atom stereocenters. The van der Waals surface area contributed by atoms with Crippen LogP contribution in [-0.2, 0) is 47.6 Å². The van der Waals surface area contributed by atoms with E-state index in [9.17, 15) is 29.4 Å². The molecule has 0 bridgehead atoms. The molecule has 2 N–H and O–H groups in total. The van der Waals surface area contributed by atoms with Crippen molar-refractivity contribution >= 4 is 23.1 Å². The number of aliphatic hydroxyl groups excluding tert-OH is 2. The van der Waals surface area contributed by atoms with Crippen LogP contribution in [0.15, 0.2) is 23.3 Å². The van der Waals surface area contributed by atoms with E-state index in [1.165, 1.54) is 0 Å². The van der Waals surface area contributed by atoms with E-state index in [0.717, 1.165) is 11.1 Å². The van der Waals surface area contributed by atoms with E-state index in [-0.39, 0.29) is 80.5 Å². The molecule has 2 saturated heterocycles. The fourth-order valence-corrected chi connectivity index (χ4v) is 17.1. The van der Waals surface area contributed by atoms with Crippen molar-refractivity contribution in [2.75, 3.05) is 19.8 Å². The molecule has 65 heavy (non-hydrogen) atoms. The zero-order valence-electron chi connectivity index (χ0n) is 39.7. The molecule has 0 aromatic rings. The predicted octanol–water partition coefficient (Wildman–Crippen LogP) is 6.74. The summed E-state index contributed by atoms with van der Waals surface area (Å²) in [6.45, 7) is 15.5. The maximum atomic E-state index is 18.0. The number of Topliss-reactive ketones (excluding diaryl/α,β-unsaturated/α-hetero) is 2. The molecule has 14 heteroatoms. The molecule has 12 nitrogen and oxygen atoms in total. The lowest BCUT2D eigenvalue weighted by atomic mass is 9.44. The summed E-state index contributed by atoms with van der Waals surface area (Å²) in [6, 6.07) is 0. The topological polar surface area (TPSA) is 164 Å². The second kappa shape index (κ2) is 14.4. The Morgan fingerprint density at radius 1 is 0.677 bits per heavy atom. The summed E-state index contributed by atoms with van der Waals surface area (Å²) in [6.07, 6.45) is 2.02. The average molecular weight is 913 g/mol. The molecule has 10 aliphatic rings. The smallest absolute Gasteiger partial charge is 0.193 e. The molecule has 3 unspecified atom stereocenters. The molecular formula is C51H70F2O12. The number of allylic oxidation sites excluding steroid dienone is 2. The Hall–Kier alpha value is -2.30. The second-order valence-electron chi connectivity index (χ2n) is 23.9. The molecule has 8 aliphatic carbocycles. The van der Waals surface area contributed by atoms with Gasteiger partial charge in [-0.15, -0.1) is 0 Å². The van der Waals surface area contributed by atoms with Gasteiger partial charge >= 0.3 is 0 Å². The Morgan fingerprint density at radius 2 is 1.09 bits per heavy atom. The van der Waals surface area contributed by atoms with Crippen molar-refractivity contribution in [3.8, 4) is 0 Å². The van der Waals surface area contributed by atoms with Crippen molar-refractivity contribution in [1.82, 2.24) is 0 Å². The van der Waals surface area contributed by atoms with Crippen molar-refractivity contribution in [2.45, 2.75) is 204 Å². The van der Waals surface area contributed by atoms with Gasteiger partial charge in [-0.25, -0.2) is 8.78 Å². The number of rotatable bonds is 9. The van der Waals surface area contributed by atoms with E-state index in [1.54, 1.807) is 46.8 Å². The van der Waals surface area contributed by atoms with Crippen LogP contribution in [0.25, 0.3) is 0 Å². The third kappa shape index (κ3) is 5.80. The van der Waals surface area contributed by atoms with Gasteiger partial charge in [0.15, 0.2) is 45.9 Å². The fourth-order valence-electron chi connectivity index (χ4n) is 17.1. The summed E-state index contributed by atoms with van der Waals surface area (Å²) < 4.78 is 74.5. The number of carbonyl (C=O) groups excluding carboxylic acids is 4. The number of ether oxygens (including phenoxy) is 6. The summed E-state index contributed by atoms with van der Waals surface area (Å²) in [4.78, 5) is 54.4. The molecule has 2 aliphatic heterocycles. The minimum atomic E-state index is -2.00. The van der Waals surface area contributed by atoms with Crippen LogP contribution in [0.4, 0.5) is 8.78 Å². The van der Waals surface area contributed by atoms with E-state index >= 15 is 8.78 Å². The van der Waals surface area contributed by atoms with Gasteiger partial charge in [-0.05, 0) is 123 Å². The highest BCUT2D eigenvalue weighted by molar-refractivity contribution is 5.93. The highest BCUT2D eigenvalue weighted by Crippen LogP contribution is 2.75. The lowest BCUT2D eigenvalue weighted by Crippen LogP contribution is -2.70. The van der Waals surface area contributed by atoms with Crippen LogP contribution in [0.5, 0.6) is 0 Å². The third-order valence-electron chi connectivity index (χ3n) is 20.0. The Kier molecular flexibility index (Phi) is 10.3. The van der Waals surface area contributed by atoms with Crippen LogP contribution in [0.3, 0.4) is 0 Å². The van der Waals surface area contributed by atoms with Gasteiger partial charge in [0, 0.05) is 46.3 Å². The van der Waals surface area contributed by atoms with Crippen molar-refractivity contribution < 1.29 is 66.6 Å². The molecular weight excluding hydrogens is 843 g/mol. The van der Waals surface area contributed by atoms with Crippen LogP contribution >= 0.6 is 0 Å². The normalized spacial score (nSPS) is 51.5. The molecule has 10 rings (SSSR count). The van der Waals surface area contributed by atoms with Gasteiger partial charge in [-0.1, -0.05) is 38.8 Å². The van der Waals surface area contributed by atoms with Crippen molar-refractivity contribution in [3.63, 3.8) is 0 Å². The first-order valence-corrected chi connectivity index (χ1v) is 24.4. The maximum Gasteiger partial charge on any atom is 0.193 e. The van der Waals surface area contributed by atoms with E-state index < -0.39 is 98.1 Å². The summed E-state index contributed by atoms with van der Waals surface area (Å²) in [7, 11) is 0. The molecule has 2 heterocycles. The summed E-state index contributed by atoms with van der Waals surface area (Å²) >= 11 is 0. The van der Waals surface area contributed by atoms with Crippen LogP contribution < -0.4 is 0 Å². The fraction of sp³-hybridized carbons (Fsp3) is 0.843. The van der Waals surface area contributed by atoms with Crippen LogP contribution in [0, 0.1) is 45.3 Å². The minimum Gasteiger partial charge on any atom is -0.390 e. The molecule has 0 aromatic heterocycles. The van der Waals surface area contributed by atoms with Gasteiger partial charge in [0.1, 0.15) is 24.6 Å². The number of halogens is 2. The molecule has 6 saturated carbocycles. The lowest BCUT2D eigenvalue weighted by molar-refractivity contribution is -0.252. The standard InChI is InChI=1S/C51H70F2O12/c1-27(61-26-39(59)51-41(63-43(4,5)65-51)21-35-33-13-11-29-19-31(55)15-17-45(29,7)49(33,53)37(57)23-47(35,51)9)24-60-25-38(58)50-40(62-42(2,3)64-50)20-34-32-12-10-28-18-30(54)14-16-44(28,6)48(32,52)36(56)22-46(34,50)8/h18-19,27,32-37,40-41,56-57H,10-17,20-26H2,1-9H3/t27?,32-,33-,34-,35-,36-,37-,40+,41?,44-,45-,46-,47-,48-,49-,50+,51?/m0/s1. The first kappa shape index (κ1) is 46.4. The summed E-state index contributed by atoms with van der Waals surface area (Å²) in [5.41, 5.74) is -9.52. The highest BCUT2D eigenvalue weighted by Gasteiger charge is 2.82. The SMILES string of the molecule is CC(COCC(=O)[C@@]12OC(C)(C)O[C@@H]1C[C@H]1[C@@H]3CCC4=CC(=O)CC[C@]4(C)[C@@]3(F)[C@@H](O)C[C@@]12C)OCC(=O)C12OC(C)(C)OC1C[C@H]1[C@@H]3CCC4=CC(=O)CC[C@]4(C)[C@@]3(F)[C@@H](O)C[C@@]12C. The first-order valence-electron chi connectivity index (χ1n) is 24.4. The van der Waals surface area contributed by atoms with Crippen molar-refractivity contribution in [3.05, 3.63) is 23.3 Å². The Morgan fingerprint density at radius 3 is 1.52 bits per heavy atom. The van der Waals surface area contributed by atoms with Crippen LogP contribution in [-0.4, -0.2) is 118 Å². The third-order valence-corrected chi connectivity index (χ3v) is 20.0. The van der Waals surface area contributed by atoms with Gasteiger partial charge in [0.25, 0.3) is 0 Å². The van der Waals surface area contributed by atoms with E-state index in [1.807, 2.05) is 27.7 Å². The summed E-state index contributed by atoms with van der Waals surface area (Å²) in [5.74, 6) is -4.89. The Balaban J connectivity index is 0.836.